The van der Waals surface area contributed by atoms with Crippen molar-refractivity contribution in [2.24, 2.45) is 0 Å². The molecule has 0 fully saturated rings. The summed E-state index contributed by atoms with van der Waals surface area (Å²) in [5.41, 5.74) is 4.97. The van der Waals surface area contributed by atoms with Crippen molar-refractivity contribution in [1.29, 1.82) is 0 Å². The summed E-state index contributed by atoms with van der Waals surface area (Å²) in [6, 6.07) is 16.2. The van der Waals surface area contributed by atoms with Gasteiger partial charge in [0.25, 0.3) is 0 Å². The summed E-state index contributed by atoms with van der Waals surface area (Å²) < 4.78 is 27.7. The maximum Gasteiger partial charge on any atom is 0.154 e. The largest absolute Gasteiger partial charge is 0.376 e. The summed E-state index contributed by atoms with van der Waals surface area (Å²) in [4.78, 5) is 0. The first kappa shape index (κ1) is 15.3. The zero-order chi connectivity index (χ0) is 15.4. The number of ether oxygens (including phenoxy) is 1. The first-order chi connectivity index (χ1) is 10.6. The van der Waals surface area contributed by atoms with Gasteiger partial charge in [0.2, 0.25) is 0 Å². The maximum atomic E-state index is 11.2. The van der Waals surface area contributed by atoms with Crippen molar-refractivity contribution >= 4 is 9.84 Å². The van der Waals surface area contributed by atoms with Crippen LogP contribution in [-0.4, -0.2) is 20.8 Å². The number of benzene rings is 2. The van der Waals surface area contributed by atoms with Gasteiger partial charge in [-0.05, 0) is 35.1 Å². The van der Waals surface area contributed by atoms with Crippen molar-refractivity contribution in [1.82, 2.24) is 0 Å². The minimum atomic E-state index is -2.80. The lowest BCUT2D eigenvalue weighted by molar-refractivity contribution is 0.111. The lowest BCUT2D eigenvalue weighted by atomic mass is 10.0. The lowest BCUT2D eigenvalue weighted by Gasteiger charge is -2.15. The minimum absolute atomic E-state index is 0.225. The van der Waals surface area contributed by atoms with Crippen molar-refractivity contribution in [3.8, 4) is 0 Å². The van der Waals surface area contributed by atoms with Gasteiger partial charge in [0, 0.05) is 0 Å². The molecular weight excluding hydrogens is 296 g/mol. The summed E-state index contributed by atoms with van der Waals surface area (Å²) in [5, 5.41) is 0. The Balaban J connectivity index is 0.000000133. The van der Waals surface area contributed by atoms with Crippen molar-refractivity contribution in [2.45, 2.75) is 25.2 Å². The Morgan fingerprint density at radius 2 is 1.36 bits per heavy atom. The molecule has 116 valence electrons. The number of hydrogen-bond acceptors (Lipinski definition) is 3. The van der Waals surface area contributed by atoms with Crippen molar-refractivity contribution < 1.29 is 13.2 Å². The second-order valence-corrected chi connectivity index (χ2v) is 7.87. The zero-order valence-electron chi connectivity index (χ0n) is 12.5. The van der Waals surface area contributed by atoms with Crippen LogP contribution in [-0.2, 0) is 39.8 Å². The van der Waals surface area contributed by atoms with E-state index in [1.807, 2.05) is 24.3 Å². The van der Waals surface area contributed by atoms with Gasteiger partial charge in [-0.25, -0.2) is 8.42 Å². The topological polar surface area (TPSA) is 43.4 Å². The normalized spacial score (nSPS) is 18.4. The molecule has 0 saturated heterocycles. The Kier molecular flexibility index (Phi) is 4.60. The zero-order valence-corrected chi connectivity index (χ0v) is 13.3. The first-order valence-electron chi connectivity index (χ1n) is 7.56. The maximum absolute atomic E-state index is 11.2. The van der Waals surface area contributed by atoms with Crippen LogP contribution in [0, 0.1) is 0 Å². The molecule has 3 nitrogen and oxygen atoms in total. The molecule has 2 aromatic rings. The Morgan fingerprint density at radius 1 is 0.773 bits per heavy atom. The van der Waals surface area contributed by atoms with Crippen molar-refractivity contribution in [3.63, 3.8) is 0 Å². The fourth-order valence-corrected chi connectivity index (χ4v) is 4.25. The van der Waals surface area contributed by atoms with Crippen molar-refractivity contribution in [3.05, 3.63) is 70.8 Å². The van der Waals surface area contributed by atoms with Crippen molar-refractivity contribution in [2.75, 3.05) is 12.4 Å². The molecule has 0 spiro atoms. The van der Waals surface area contributed by atoms with Gasteiger partial charge < -0.3 is 4.74 Å². The summed E-state index contributed by atoms with van der Waals surface area (Å²) in [6.45, 7) is 1.69. The Labute approximate surface area is 131 Å². The fraction of sp³-hybridized carbons (Fsp3) is 0.333. The van der Waals surface area contributed by atoms with Crippen LogP contribution in [0.3, 0.4) is 0 Å². The second kappa shape index (κ2) is 6.63. The SMILES string of the molecule is O=S1(=O)CCc2ccccc2C1.c1ccc2c(c1)CCOC2. The van der Waals surface area contributed by atoms with E-state index in [0.717, 1.165) is 25.2 Å². The van der Waals surface area contributed by atoms with Gasteiger partial charge in [0.15, 0.2) is 9.84 Å². The van der Waals surface area contributed by atoms with Crippen LogP contribution in [0.2, 0.25) is 0 Å². The molecule has 4 heteroatoms. The van der Waals surface area contributed by atoms with Crippen LogP contribution in [0.1, 0.15) is 22.3 Å². The number of fused-ring (bicyclic) bond motifs is 2. The highest BCUT2D eigenvalue weighted by Crippen LogP contribution is 2.19. The monoisotopic (exact) mass is 316 g/mol. The molecule has 2 aliphatic heterocycles. The predicted octanol–water partition coefficient (Wildman–Crippen LogP) is 2.92. The van der Waals surface area contributed by atoms with Gasteiger partial charge >= 0.3 is 0 Å². The number of rotatable bonds is 0. The molecule has 0 aromatic heterocycles. The van der Waals surface area contributed by atoms with E-state index in [2.05, 4.69) is 24.3 Å². The van der Waals surface area contributed by atoms with E-state index >= 15 is 0 Å². The molecule has 4 rings (SSSR count). The average Bonchev–Trinajstić information content (AvgIpc) is 2.55. The predicted molar refractivity (Wildman–Crippen MR) is 87.4 cm³/mol. The van der Waals surface area contributed by atoms with Crippen LogP contribution in [0.5, 0.6) is 0 Å². The molecule has 0 radical (unpaired) electrons. The molecule has 2 heterocycles. The van der Waals surface area contributed by atoms with E-state index in [-0.39, 0.29) is 5.75 Å². The van der Waals surface area contributed by atoms with E-state index in [1.54, 1.807) is 0 Å². The molecule has 2 aromatic carbocycles. The summed E-state index contributed by atoms with van der Waals surface area (Å²) >= 11 is 0. The number of sulfone groups is 1. The second-order valence-electron chi connectivity index (χ2n) is 5.68. The van der Waals surface area contributed by atoms with Crippen LogP contribution in [0.4, 0.5) is 0 Å². The summed E-state index contributed by atoms with van der Waals surface area (Å²) in [7, 11) is -2.80. The highest BCUT2D eigenvalue weighted by molar-refractivity contribution is 7.90. The third kappa shape index (κ3) is 3.76. The molecular formula is C18H20O3S. The third-order valence-electron chi connectivity index (χ3n) is 4.07. The van der Waals surface area contributed by atoms with E-state index in [0.29, 0.717) is 12.2 Å². The molecule has 22 heavy (non-hydrogen) atoms. The van der Waals surface area contributed by atoms with Gasteiger partial charge in [-0.3, -0.25) is 0 Å². The molecule has 0 atom stereocenters. The molecule has 0 unspecified atom stereocenters. The van der Waals surface area contributed by atoms with Crippen LogP contribution in [0.25, 0.3) is 0 Å². The number of aryl methyl sites for hydroxylation is 1. The highest BCUT2D eigenvalue weighted by atomic mass is 32.2. The number of hydrogen-bond donors (Lipinski definition) is 0. The van der Waals surface area contributed by atoms with E-state index in [1.165, 1.54) is 16.7 Å². The van der Waals surface area contributed by atoms with Gasteiger partial charge in [0.05, 0.1) is 24.7 Å². The van der Waals surface area contributed by atoms with Crippen LogP contribution in [0.15, 0.2) is 48.5 Å². The highest BCUT2D eigenvalue weighted by Gasteiger charge is 2.19. The third-order valence-corrected chi connectivity index (χ3v) is 5.64. The Bertz CT molecular complexity index is 725. The van der Waals surface area contributed by atoms with Gasteiger partial charge in [-0.2, -0.15) is 0 Å². The molecule has 0 amide bonds. The van der Waals surface area contributed by atoms with E-state index in [9.17, 15) is 8.42 Å². The Hall–Kier alpha value is -1.65. The molecule has 0 bridgehead atoms. The van der Waals surface area contributed by atoms with Gasteiger partial charge in [0.1, 0.15) is 0 Å². The first-order valence-corrected chi connectivity index (χ1v) is 9.38. The van der Waals surface area contributed by atoms with E-state index < -0.39 is 9.84 Å². The van der Waals surface area contributed by atoms with Gasteiger partial charge in [-0.1, -0.05) is 48.5 Å². The smallest absolute Gasteiger partial charge is 0.154 e. The summed E-state index contributed by atoms with van der Waals surface area (Å²) in [6.07, 6.45) is 1.76. The standard InChI is InChI=1S/C9H10O2S.C9H10O/c10-12(11)6-5-8-3-1-2-4-9(8)7-12;1-2-4-9-7-10-6-5-8(9)3-1/h1-4H,5-7H2;1-4H,5-7H2. The van der Waals surface area contributed by atoms with E-state index in [4.69, 9.17) is 4.74 Å². The average molecular weight is 316 g/mol. The van der Waals surface area contributed by atoms with Crippen LogP contribution < -0.4 is 0 Å². The molecule has 2 aliphatic rings. The minimum Gasteiger partial charge on any atom is -0.376 e. The molecule has 0 aliphatic carbocycles. The summed E-state index contributed by atoms with van der Waals surface area (Å²) in [5.74, 6) is 0.535. The molecule has 0 saturated carbocycles. The van der Waals surface area contributed by atoms with Crippen LogP contribution >= 0.6 is 0 Å². The molecule has 0 N–H and O–H groups in total. The quantitative estimate of drug-likeness (QED) is 0.750. The fourth-order valence-electron chi connectivity index (χ4n) is 2.82. The Morgan fingerprint density at radius 3 is 2.05 bits per heavy atom. The van der Waals surface area contributed by atoms with Gasteiger partial charge in [-0.15, -0.1) is 0 Å². The lowest BCUT2D eigenvalue weighted by Crippen LogP contribution is -2.18.